The molecule has 0 bridgehead atoms. The summed E-state index contributed by atoms with van der Waals surface area (Å²) >= 11 is 0. The third kappa shape index (κ3) is 2.97. The molecule has 3 N–H and O–H groups in total. The van der Waals surface area contributed by atoms with E-state index < -0.39 is 12.2 Å². The van der Waals surface area contributed by atoms with Crippen LogP contribution in [0.25, 0.3) is 0 Å². The predicted octanol–water partition coefficient (Wildman–Crippen LogP) is 1.25. The van der Waals surface area contributed by atoms with Crippen LogP contribution in [-0.4, -0.2) is 33.6 Å². The lowest BCUT2D eigenvalue weighted by atomic mass is 9.73. The predicted molar refractivity (Wildman–Crippen MR) is 66.3 cm³/mol. The molecule has 6 unspecified atom stereocenters. The maximum absolute atomic E-state index is 10.0. The lowest BCUT2D eigenvalue weighted by Gasteiger charge is -2.35. The van der Waals surface area contributed by atoms with Crippen molar-refractivity contribution in [1.29, 1.82) is 0 Å². The lowest BCUT2D eigenvalue weighted by molar-refractivity contribution is 0.0362. The molecule has 0 heterocycles. The molecule has 0 saturated carbocycles. The van der Waals surface area contributed by atoms with Crippen molar-refractivity contribution in [2.75, 3.05) is 0 Å². The minimum absolute atomic E-state index is 0.114. The zero-order valence-electron chi connectivity index (χ0n) is 10.2. The molecule has 3 heteroatoms. The van der Waals surface area contributed by atoms with E-state index >= 15 is 0 Å². The average molecular weight is 238 g/mol. The van der Waals surface area contributed by atoms with Gasteiger partial charge < -0.3 is 15.3 Å². The highest BCUT2D eigenvalue weighted by Gasteiger charge is 2.32. The summed E-state index contributed by atoms with van der Waals surface area (Å²) in [5.41, 5.74) is 0. The molecule has 17 heavy (non-hydrogen) atoms. The number of aliphatic hydroxyl groups excluding tert-OH is 3. The van der Waals surface area contributed by atoms with Gasteiger partial charge in [-0.25, -0.2) is 0 Å². The van der Waals surface area contributed by atoms with E-state index in [-0.39, 0.29) is 12.0 Å². The van der Waals surface area contributed by atoms with Gasteiger partial charge in [0.05, 0.1) is 18.3 Å². The van der Waals surface area contributed by atoms with Gasteiger partial charge in [-0.2, -0.15) is 0 Å². The molecule has 2 aliphatic carbocycles. The topological polar surface area (TPSA) is 60.7 Å². The zero-order valence-corrected chi connectivity index (χ0v) is 10.2. The maximum Gasteiger partial charge on any atom is 0.0745 e. The van der Waals surface area contributed by atoms with Gasteiger partial charge in [0, 0.05) is 12.3 Å². The van der Waals surface area contributed by atoms with Crippen LogP contribution < -0.4 is 0 Å². The van der Waals surface area contributed by atoms with Crippen LogP contribution in [0.1, 0.15) is 26.2 Å². The van der Waals surface area contributed by atoms with Gasteiger partial charge in [0.1, 0.15) is 0 Å². The molecule has 0 amide bonds. The van der Waals surface area contributed by atoms with Crippen LogP contribution >= 0.6 is 0 Å². The second-order valence-corrected chi connectivity index (χ2v) is 5.39. The Labute approximate surface area is 102 Å². The molecule has 0 radical (unpaired) electrons. The first-order chi connectivity index (χ1) is 8.08. The number of aliphatic hydroxyl groups is 3. The van der Waals surface area contributed by atoms with E-state index in [2.05, 4.69) is 13.0 Å². The van der Waals surface area contributed by atoms with Crippen molar-refractivity contribution in [1.82, 2.24) is 0 Å². The first-order valence-electron chi connectivity index (χ1n) is 6.48. The Hall–Kier alpha value is -0.640. The van der Waals surface area contributed by atoms with Crippen LogP contribution in [0, 0.1) is 17.8 Å². The maximum atomic E-state index is 10.0. The van der Waals surface area contributed by atoms with E-state index in [1.54, 1.807) is 6.08 Å². The van der Waals surface area contributed by atoms with Crippen molar-refractivity contribution in [3.05, 3.63) is 24.3 Å². The molecule has 0 fully saturated rings. The van der Waals surface area contributed by atoms with Crippen LogP contribution in [-0.2, 0) is 0 Å². The van der Waals surface area contributed by atoms with Crippen LogP contribution in [0.15, 0.2) is 24.3 Å². The molecule has 3 nitrogen and oxygen atoms in total. The second kappa shape index (κ2) is 5.34. The standard InChI is InChI=1S/C14H22O3/c1-9(10-2-4-11(15)5-3-10)13-7-6-12(16)8-14(13)17/h2,4,6-7,9-17H,3,5,8H2,1H3. The molecular weight excluding hydrogens is 216 g/mol. The Bertz CT molecular complexity index is 311. The molecule has 0 aromatic carbocycles. The van der Waals surface area contributed by atoms with Crippen LogP contribution in [0.3, 0.4) is 0 Å². The molecule has 6 atom stereocenters. The van der Waals surface area contributed by atoms with Crippen molar-refractivity contribution in [2.24, 2.45) is 17.8 Å². The lowest BCUT2D eigenvalue weighted by Crippen LogP contribution is -2.35. The quantitative estimate of drug-likeness (QED) is 0.634. The third-order valence-corrected chi connectivity index (χ3v) is 4.14. The summed E-state index contributed by atoms with van der Waals surface area (Å²) in [5, 5.41) is 28.9. The van der Waals surface area contributed by atoms with Gasteiger partial charge in [0.15, 0.2) is 0 Å². The normalized spacial score (nSPS) is 43.6. The van der Waals surface area contributed by atoms with Crippen molar-refractivity contribution in [3.63, 3.8) is 0 Å². The largest absolute Gasteiger partial charge is 0.392 e. The Morgan fingerprint density at radius 1 is 0.941 bits per heavy atom. The molecular formula is C14H22O3. The number of hydrogen-bond acceptors (Lipinski definition) is 3. The fraction of sp³-hybridized carbons (Fsp3) is 0.714. The number of rotatable bonds is 2. The molecule has 0 spiro atoms. The second-order valence-electron chi connectivity index (χ2n) is 5.39. The molecule has 96 valence electrons. The van der Waals surface area contributed by atoms with Crippen LogP contribution in [0.5, 0.6) is 0 Å². The molecule has 0 aromatic rings. The first-order valence-corrected chi connectivity index (χ1v) is 6.48. The minimum Gasteiger partial charge on any atom is -0.392 e. The Balaban J connectivity index is 2.02. The van der Waals surface area contributed by atoms with Crippen LogP contribution in [0.4, 0.5) is 0 Å². The van der Waals surface area contributed by atoms with E-state index in [0.717, 1.165) is 12.8 Å². The fourth-order valence-corrected chi connectivity index (χ4v) is 2.94. The van der Waals surface area contributed by atoms with Gasteiger partial charge in [-0.3, -0.25) is 0 Å². The summed E-state index contributed by atoms with van der Waals surface area (Å²) < 4.78 is 0. The molecule has 2 aliphatic rings. The Kier molecular flexibility index (Phi) is 4.02. The Morgan fingerprint density at radius 3 is 2.24 bits per heavy atom. The highest BCUT2D eigenvalue weighted by atomic mass is 16.3. The van der Waals surface area contributed by atoms with Gasteiger partial charge in [-0.05, 0) is 24.7 Å². The average Bonchev–Trinajstić information content (AvgIpc) is 2.29. The zero-order chi connectivity index (χ0) is 12.4. The van der Waals surface area contributed by atoms with Crippen molar-refractivity contribution in [2.45, 2.75) is 44.5 Å². The summed E-state index contributed by atoms with van der Waals surface area (Å²) in [6.45, 7) is 2.14. The SMILES string of the molecule is CC(C1C=CC(O)CC1)C1C=CC(O)CC1O. The van der Waals surface area contributed by atoms with E-state index in [4.69, 9.17) is 0 Å². The Morgan fingerprint density at radius 2 is 1.65 bits per heavy atom. The summed E-state index contributed by atoms with van der Waals surface area (Å²) in [4.78, 5) is 0. The molecule has 0 saturated heterocycles. The van der Waals surface area contributed by atoms with Gasteiger partial charge in [0.2, 0.25) is 0 Å². The van der Waals surface area contributed by atoms with E-state index in [1.807, 2.05) is 12.2 Å². The summed E-state index contributed by atoms with van der Waals surface area (Å²) in [5.74, 6) is 0.874. The summed E-state index contributed by atoms with van der Waals surface area (Å²) in [7, 11) is 0. The van der Waals surface area contributed by atoms with E-state index in [9.17, 15) is 15.3 Å². The van der Waals surface area contributed by atoms with E-state index in [1.165, 1.54) is 0 Å². The van der Waals surface area contributed by atoms with Crippen molar-refractivity contribution in [3.8, 4) is 0 Å². The number of allylic oxidation sites excluding steroid dienone is 1. The highest BCUT2D eigenvalue weighted by Crippen LogP contribution is 2.35. The summed E-state index contributed by atoms with van der Waals surface area (Å²) in [6.07, 6.45) is 8.62. The monoisotopic (exact) mass is 238 g/mol. The molecule has 0 aromatic heterocycles. The van der Waals surface area contributed by atoms with E-state index in [0.29, 0.717) is 18.3 Å². The number of hydrogen-bond donors (Lipinski definition) is 3. The van der Waals surface area contributed by atoms with Gasteiger partial charge >= 0.3 is 0 Å². The smallest absolute Gasteiger partial charge is 0.0745 e. The van der Waals surface area contributed by atoms with Gasteiger partial charge in [0.25, 0.3) is 0 Å². The van der Waals surface area contributed by atoms with Gasteiger partial charge in [-0.15, -0.1) is 0 Å². The minimum atomic E-state index is -0.503. The van der Waals surface area contributed by atoms with Crippen molar-refractivity contribution >= 4 is 0 Å². The molecule has 0 aliphatic heterocycles. The third-order valence-electron chi connectivity index (χ3n) is 4.14. The summed E-state index contributed by atoms with van der Waals surface area (Å²) in [6, 6.07) is 0. The fourth-order valence-electron chi connectivity index (χ4n) is 2.94. The molecule has 2 rings (SSSR count). The van der Waals surface area contributed by atoms with Gasteiger partial charge in [-0.1, -0.05) is 31.2 Å². The first kappa shape index (κ1) is 12.8. The highest BCUT2D eigenvalue weighted by molar-refractivity contribution is 5.08. The van der Waals surface area contributed by atoms with Crippen LogP contribution in [0.2, 0.25) is 0 Å². The van der Waals surface area contributed by atoms with Crippen molar-refractivity contribution < 1.29 is 15.3 Å².